The van der Waals surface area contributed by atoms with Gasteiger partial charge in [-0.15, -0.1) is 0 Å². The van der Waals surface area contributed by atoms with Crippen molar-refractivity contribution in [1.82, 2.24) is 4.57 Å². The van der Waals surface area contributed by atoms with Crippen LogP contribution in [0.4, 0.5) is 0 Å². The maximum atomic E-state index is 11.8. The van der Waals surface area contributed by atoms with Crippen molar-refractivity contribution in [3.05, 3.63) is 70.1 Å². The molecule has 0 aliphatic heterocycles. The molecule has 0 spiro atoms. The molecule has 1 aromatic carbocycles. The number of pyridine rings is 1. The van der Waals surface area contributed by atoms with E-state index in [1.165, 1.54) is 5.56 Å². The van der Waals surface area contributed by atoms with Gasteiger partial charge in [0.1, 0.15) is 0 Å². The van der Waals surface area contributed by atoms with Gasteiger partial charge in [-0.05, 0) is 31.4 Å². The van der Waals surface area contributed by atoms with Crippen LogP contribution in [0.15, 0.2) is 53.5 Å². The Balaban J connectivity index is 1.65. The Hall–Kier alpha value is -1.87. The molecule has 0 atom stereocenters. The van der Waals surface area contributed by atoms with Crippen LogP contribution in [0.3, 0.4) is 0 Å². The first-order valence-electron chi connectivity index (χ1n) is 7.05. The fourth-order valence-corrected chi connectivity index (χ4v) is 2.11. The first kappa shape index (κ1) is 14.5. The predicted molar refractivity (Wildman–Crippen MR) is 81.0 cm³/mol. The van der Waals surface area contributed by atoms with Gasteiger partial charge >= 0.3 is 0 Å². The molecule has 0 unspecified atom stereocenters. The summed E-state index contributed by atoms with van der Waals surface area (Å²) in [6, 6.07) is 14.1. The van der Waals surface area contributed by atoms with Gasteiger partial charge in [0.15, 0.2) is 0 Å². The van der Waals surface area contributed by atoms with Gasteiger partial charge in [-0.25, -0.2) is 0 Å². The third-order valence-electron chi connectivity index (χ3n) is 3.28. The highest BCUT2D eigenvalue weighted by molar-refractivity contribution is 5.14. The number of hydrogen-bond acceptors (Lipinski definition) is 2. The minimum atomic E-state index is 0.0942. The molecule has 0 aliphatic rings. The molecular formula is C17H21NO2. The van der Waals surface area contributed by atoms with Crippen LogP contribution in [-0.4, -0.2) is 17.8 Å². The van der Waals surface area contributed by atoms with Gasteiger partial charge < -0.3 is 9.30 Å². The maximum absolute atomic E-state index is 11.8. The molecule has 0 N–H and O–H groups in total. The summed E-state index contributed by atoms with van der Waals surface area (Å²) < 4.78 is 7.36. The summed E-state index contributed by atoms with van der Waals surface area (Å²) in [6.07, 6.45) is 3.63. The van der Waals surface area contributed by atoms with Gasteiger partial charge in [-0.3, -0.25) is 4.79 Å². The first-order valence-corrected chi connectivity index (χ1v) is 7.05. The lowest BCUT2D eigenvalue weighted by Crippen LogP contribution is -2.21. The predicted octanol–water partition coefficient (Wildman–Crippen LogP) is 2.81. The molecule has 0 amide bonds. The maximum Gasteiger partial charge on any atom is 0.253 e. The Kier molecular flexibility index (Phi) is 5.56. The lowest BCUT2D eigenvalue weighted by molar-refractivity contribution is 0.131. The average Bonchev–Trinajstić information content (AvgIpc) is 2.48. The lowest BCUT2D eigenvalue weighted by Gasteiger charge is -2.07. The zero-order chi connectivity index (χ0) is 14.2. The molecule has 0 saturated heterocycles. The topological polar surface area (TPSA) is 31.2 Å². The van der Waals surface area contributed by atoms with Crippen molar-refractivity contribution in [2.75, 3.05) is 13.2 Å². The van der Waals surface area contributed by atoms with Gasteiger partial charge in [-0.2, -0.15) is 0 Å². The Morgan fingerprint density at radius 3 is 2.65 bits per heavy atom. The minimum Gasteiger partial charge on any atom is -0.381 e. The molecule has 20 heavy (non-hydrogen) atoms. The molecule has 2 rings (SSSR count). The van der Waals surface area contributed by atoms with E-state index < -0.39 is 0 Å². The van der Waals surface area contributed by atoms with Crippen molar-refractivity contribution in [2.24, 2.45) is 0 Å². The van der Waals surface area contributed by atoms with Crippen LogP contribution in [0.2, 0.25) is 0 Å². The smallest absolute Gasteiger partial charge is 0.253 e. The van der Waals surface area contributed by atoms with E-state index in [4.69, 9.17) is 4.74 Å². The molecule has 2 aromatic rings. The number of hydrogen-bond donors (Lipinski definition) is 0. The van der Waals surface area contributed by atoms with Crippen molar-refractivity contribution in [3.8, 4) is 0 Å². The van der Waals surface area contributed by atoms with Crippen LogP contribution in [-0.2, 0) is 17.7 Å². The second kappa shape index (κ2) is 7.65. The summed E-state index contributed by atoms with van der Waals surface area (Å²) in [4.78, 5) is 11.8. The zero-order valence-electron chi connectivity index (χ0n) is 11.9. The summed E-state index contributed by atoms with van der Waals surface area (Å²) in [6.45, 7) is 3.97. The quantitative estimate of drug-likeness (QED) is 0.725. The number of benzene rings is 1. The summed E-state index contributed by atoms with van der Waals surface area (Å²) >= 11 is 0. The van der Waals surface area contributed by atoms with E-state index in [1.54, 1.807) is 4.57 Å². The van der Waals surface area contributed by atoms with E-state index in [1.807, 2.05) is 43.5 Å². The highest BCUT2D eigenvalue weighted by Crippen LogP contribution is 2.00. The fraction of sp³-hybridized carbons (Fsp3) is 0.353. The van der Waals surface area contributed by atoms with Crippen molar-refractivity contribution in [3.63, 3.8) is 0 Å². The average molecular weight is 271 g/mol. The molecule has 0 aliphatic carbocycles. The highest BCUT2D eigenvalue weighted by Gasteiger charge is 1.98. The van der Waals surface area contributed by atoms with Crippen LogP contribution in [0, 0.1) is 6.92 Å². The van der Waals surface area contributed by atoms with Crippen molar-refractivity contribution in [1.29, 1.82) is 0 Å². The van der Waals surface area contributed by atoms with Crippen molar-refractivity contribution in [2.45, 2.75) is 26.3 Å². The number of aryl methyl sites for hydroxylation is 2. The highest BCUT2D eigenvalue weighted by atomic mass is 16.5. The molecule has 1 heterocycles. The molecule has 1 aromatic heterocycles. The third kappa shape index (κ3) is 4.35. The van der Waals surface area contributed by atoms with Crippen molar-refractivity contribution >= 4 is 0 Å². The van der Waals surface area contributed by atoms with Gasteiger partial charge in [0.25, 0.3) is 5.56 Å². The summed E-state index contributed by atoms with van der Waals surface area (Å²) in [5.41, 5.74) is 2.18. The number of rotatable bonds is 7. The Morgan fingerprint density at radius 1 is 1.05 bits per heavy atom. The van der Waals surface area contributed by atoms with Gasteiger partial charge in [-0.1, -0.05) is 36.4 Å². The minimum absolute atomic E-state index is 0.0942. The molecule has 3 heteroatoms. The van der Waals surface area contributed by atoms with Gasteiger partial charge in [0, 0.05) is 24.9 Å². The second-order valence-electron chi connectivity index (χ2n) is 4.89. The molecule has 3 nitrogen and oxygen atoms in total. The van der Waals surface area contributed by atoms with Crippen LogP contribution < -0.4 is 5.56 Å². The van der Waals surface area contributed by atoms with Crippen LogP contribution in [0.1, 0.15) is 17.5 Å². The van der Waals surface area contributed by atoms with Gasteiger partial charge in [0.05, 0.1) is 6.61 Å². The summed E-state index contributed by atoms with van der Waals surface area (Å²) in [5.74, 6) is 0. The monoisotopic (exact) mass is 271 g/mol. The van der Waals surface area contributed by atoms with Crippen LogP contribution >= 0.6 is 0 Å². The van der Waals surface area contributed by atoms with Crippen molar-refractivity contribution < 1.29 is 4.74 Å². The number of nitrogens with zero attached hydrogens (tertiary/aromatic N) is 1. The third-order valence-corrected chi connectivity index (χ3v) is 3.28. The fourth-order valence-electron chi connectivity index (χ4n) is 2.11. The van der Waals surface area contributed by atoms with E-state index in [-0.39, 0.29) is 5.56 Å². The normalized spacial score (nSPS) is 10.7. The Morgan fingerprint density at radius 2 is 1.85 bits per heavy atom. The van der Waals surface area contributed by atoms with E-state index >= 15 is 0 Å². The molecule has 0 saturated carbocycles. The molecule has 0 radical (unpaired) electrons. The molecular weight excluding hydrogens is 250 g/mol. The summed E-state index contributed by atoms with van der Waals surface area (Å²) in [7, 11) is 0. The van der Waals surface area contributed by atoms with E-state index in [9.17, 15) is 4.79 Å². The van der Waals surface area contributed by atoms with E-state index in [0.717, 1.165) is 25.0 Å². The zero-order valence-corrected chi connectivity index (χ0v) is 11.9. The standard InChI is InChI=1S/C17H21NO2/c1-15-7-5-11-18(17(15)19)12-6-13-20-14-10-16-8-3-2-4-9-16/h2-5,7-9,11H,6,10,12-14H2,1H3. The largest absolute Gasteiger partial charge is 0.381 e. The lowest BCUT2D eigenvalue weighted by atomic mass is 10.2. The molecule has 0 bridgehead atoms. The Bertz CT molecular complexity index is 575. The summed E-state index contributed by atoms with van der Waals surface area (Å²) in [5, 5.41) is 0. The van der Waals surface area contributed by atoms with E-state index in [2.05, 4.69) is 12.1 Å². The number of aromatic nitrogens is 1. The van der Waals surface area contributed by atoms with Crippen LogP contribution in [0.25, 0.3) is 0 Å². The second-order valence-corrected chi connectivity index (χ2v) is 4.89. The van der Waals surface area contributed by atoms with Gasteiger partial charge in [0.2, 0.25) is 0 Å². The molecule has 106 valence electrons. The Labute approximate surface area is 119 Å². The SMILES string of the molecule is Cc1cccn(CCCOCCc2ccccc2)c1=O. The van der Waals surface area contributed by atoms with Crippen LogP contribution in [0.5, 0.6) is 0 Å². The first-order chi connectivity index (χ1) is 9.77. The number of ether oxygens (including phenoxy) is 1. The van der Waals surface area contributed by atoms with E-state index in [0.29, 0.717) is 13.2 Å². The molecule has 0 fully saturated rings.